The second-order valence-electron chi connectivity index (χ2n) is 5.35. The summed E-state index contributed by atoms with van der Waals surface area (Å²) in [6, 6.07) is 17.4. The van der Waals surface area contributed by atoms with Crippen molar-refractivity contribution in [2.75, 3.05) is 0 Å². The number of rotatable bonds is 2. The largest absolute Gasteiger partial charge is 0.348 e. The van der Waals surface area contributed by atoms with Crippen LogP contribution in [0.15, 0.2) is 60.9 Å². The minimum Gasteiger partial charge on any atom is -0.348 e. The van der Waals surface area contributed by atoms with Crippen LogP contribution in [0.4, 0.5) is 0 Å². The third kappa shape index (κ3) is 1.85. The molecule has 0 radical (unpaired) electrons. The van der Waals surface area contributed by atoms with Gasteiger partial charge < -0.3 is 4.98 Å². The number of aromatic nitrogens is 2. The molecule has 3 aromatic rings. The lowest BCUT2D eigenvalue weighted by atomic mass is 9.97. The lowest BCUT2D eigenvalue weighted by Crippen LogP contribution is -1.98. The number of aryl methyl sites for hydroxylation is 1. The van der Waals surface area contributed by atoms with Gasteiger partial charge in [0.05, 0.1) is 0 Å². The highest BCUT2D eigenvalue weighted by atomic mass is 14.9. The second-order valence-corrected chi connectivity index (χ2v) is 5.35. The van der Waals surface area contributed by atoms with Crippen molar-refractivity contribution in [3.8, 4) is 11.1 Å². The van der Waals surface area contributed by atoms with Gasteiger partial charge in [0.1, 0.15) is 5.82 Å². The Balaban J connectivity index is 1.74. The average Bonchev–Trinajstić information content (AvgIpc) is 3.16. The fourth-order valence-electron chi connectivity index (χ4n) is 3.18. The fraction of sp³-hybridized carbons (Fsp3) is 0.167. The fourth-order valence-corrected chi connectivity index (χ4v) is 3.18. The first kappa shape index (κ1) is 11.5. The molecule has 2 aromatic carbocycles. The van der Waals surface area contributed by atoms with Crippen LogP contribution in [0.1, 0.15) is 29.3 Å². The lowest BCUT2D eigenvalue weighted by molar-refractivity contribution is 0.741. The van der Waals surface area contributed by atoms with E-state index in [1.165, 1.54) is 22.3 Å². The molecule has 0 saturated carbocycles. The van der Waals surface area contributed by atoms with Crippen molar-refractivity contribution in [1.82, 2.24) is 9.97 Å². The average molecular weight is 260 g/mol. The highest BCUT2D eigenvalue weighted by molar-refractivity contribution is 5.65. The maximum Gasteiger partial charge on any atom is 0.113 e. The van der Waals surface area contributed by atoms with E-state index in [0.29, 0.717) is 5.92 Å². The van der Waals surface area contributed by atoms with E-state index in [2.05, 4.69) is 58.5 Å². The Bertz CT molecular complexity index is 714. The van der Waals surface area contributed by atoms with Gasteiger partial charge in [-0.15, -0.1) is 0 Å². The minimum absolute atomic E-state index is 0.435. The molecule has 1 atom stereocenters. The molecule has 0 amide bonds. The summed E-state index contributed by atoms with van der Waals surface area (Å²) >= 11 is 0. The van der Waals surface area contributed by atoms with Gasteiger partial charge in [0.25, 0.3) is 0 Å². The van der Waals surface area contributed by atoms with Gasteiger partial charge in [-0.25, -0.2) is 4.98 Å². The molecule has 1 N–H and O–H groups in total. The Hall–Kier alpha value is -2.35. The van der Waals surface area contributed by atoms with Crippen molar-refractivity contribution >= 4 is 0 Å². The number of aromatic amines is 1. The molecule has 0 bridgehead atoms. The topological polar surface area (TPSA) is 28.7 Å². The standard InChI is InChI=1S/C18H16N2/c1-2-4-13(5-3-1)14-6-8-16-15(12-14)7-9-17(16)18-19-10-11-20-18/h1-6,8,10-12,17H,7,9H2,(H,19,20). The summed E-state index contributed by atoms with van der Waals surface area (Å²) < 4.78 is 0. The molecular formula is C18H16N2. The first-order valence-corrected chi connectivity index (χ1v) is 7.09. The molecule has 20 heavy (non-hydrogen) atoms. The van der Waals surface area contributed by atoms with Gasteiger partial charge in [-0.05, 0) is 35.1 Å². The van der Waals surface area contributed by atoms with Crippen LogP contribution >= 0.6 is 0 Å². The van der Waals surface area contributed by atoms with E-state index in [-0.39, 0.29) is 0 Å². The zero-order valence-electron chi connectivity index (χ0n) is 11.2. The van der Waals surface area contributed by atoms with Crippen molar-refractivity contribution in [3.05, 3.63) is 77.9 Å². The number of hydrogen-bond acceptors (Lipinski definition) is 1. The molecule has 0 spiro atoms. The van der Waals surface area contributed by atoms with Crippen molar-refractivity contribution in [3.63, 3.8) is 0 Å². The van der Waals surface area contributed by atoms with E-state index in [4.69, 9.17) is 0 Å². The summed E-state index contributed by atoms with van der Waals surface area (Å²) in [7, 11) is 0. The van der Waals surface area contributed by atoms with E-state index >= 15 is 0 Å². The minimum atomic E-state index is 0.435. The number of fused-ring (bicyclic) bond motifs is 1. The molecule has 98 valence electrons. The Morgan fingerprint density at radius 1 is 1.00 bits per heavy atom. The molecule has 2 heteroatoms. The zero-order valence-corrected chi connectivity index (χ0v) is 11.2. The van der Waals surface area contributed by atoms with Crippen LogP contribution in [0.5, 0.6) is 0 Å². The van der Waals surface area contributed by atoms with Crippen LogP contribution in [0.2, 0.25) is 0 Å². The van der Waals surface area contributed by atoms with Crippen LogP contribution in [0, 0.1) is 0 Å². The molecule has 1 heterocycles. The van der Waals surface area contributed by atoms with Crippen LogP contribution in [-0.4, -0.2) is 9.97 Å². The van der Waals surface area contributed by atoms with Gasteiger partial charge >= 0.3 is 0 Å². The maximum atomic E-state index is 4.42. The number of benzene rings is 2. The predicted octanol–water partition coefficient (Wildman–Crippen LogP) is 4.15. The molecule has 2 nitrogen and oxygen atoms in total. The third-order valence-electron chi connectivity index (χ3n) is 4.18. The normalized spacial score (nSPS) is 17.1. The van der Waals surface area contributed by atoms with Crippen molar-refractivity contribution in [2.45, 2.75) is 18.8 Å². The van der Waals surface area contributed by atoms with Gasteiger partial charge in [-0.2, -0.15) is 0 Å². The van der Waals surface area contributed by atoms with E-state index < -0.39 is 0 Å². The smallest absolute Gasteiger partial charge is 0.113 e. The van der Waals surface area contributed by atoms with Gasteiger partial charge in [0, 0.05) is 18.3 Å². The second kappa shape index (κ2) is 4.64. The Labute approximate surface area is 118 Å². The SMILES string of the molecule is c1ccc(-c2ccc3c(c2)CCC3c2ncc[nH]2)cc1. The molecular weight excluding hydrogens is 244 g/mol. The number of imidazole rings is 1. The molecule has 0 aliphatic heterocycles. The number of nitrogens with one attached hydrogen (secondary N) is 1. The third-order valence-corrected chi connectivity index (χ3v) is 4.18. The van der Waals surface area contributed by atoms with Crippen LogP contribution in [-0.2, 0) is 6.42 Å². The summed E-state index contributed by atoms with van der Waals surface area (Å²) in [6.45, 7) is 0. The molecule has 0 fully saturated rings. The van der Waals surface area contributed by atoms with Crippen molar-refractivity contribution in [1.29, 1.82) is 0 Å². The van der Waals surface area contributed by atoms with E-state index in [1.807, 2.05) is 12.4 Å². The molecule has 4 rings (SSSR count). The summed E-state index contributed by atoms with van der Waals surface area (Å²) in [5.41, 5.74) is 5.49. The Morgan fingerprint density at radius 2 is 1.90 bits per heavy atom. The van der Waals surface area contributed by atoms with Crippen LogP contribution < -0.4 is 0 Å². The highest BCUT2D eigenvalue weighted by Gasteiger charge is 2.25. The predicted molar refractivity (Wildman–Crippen MR) is 80.6 cm³/mol. The van der Waals surface area contributed by atoms with Crippen molar-refractivity contribution < 1.29 is 0 Å². The molecule has 0 saturated heterocycles. The number of hydrogen-bond donors (Lipinski definition) is 1. The maximum absolute atomic E-state index is 4.42. The number of nitrogens with zero attached hydrogens (tertiary/aromatic N) is 1. The van der Waals surface area contributed by atoms with Gasteiger partial charge in [-0.1, -0.05) is 48.5 Å². The Morgan fingerprint density at radius 3 is 2.70 bits per heavy atom. The monoisotopic (exact) mass is 260 g/mol. The zero-order chi connectivity index (χ0) is 13.4. The van der Waals surface area contributed by atoms with Gasteiger partial charge in [-0.3, -0.25) is 0 Å². The molecule has 1 aromatic heterocycles. The lowest BCUT2D eigenvalue weighted by Gasteiger charge is -2.10. The van der Waals surface area contributed by atoms with Crippen LogP contribution in [0.25, 0.3) is 11.1 Å². The van der Waals surface area contributed by atoms with Crippen molar-refractivity contribution in [2.24, 2.45) is 0 Å². The highest BCUT2D eigenvalue weighted by Crippen LogP contribution is 2.38. The summed E-state index contributed by atoms with van der Waals surface area (Å²) in [5, 5.41) is 0. The summed E-state index contributed by atoms with van der Waals surface area (Å²) in [6.07, 6.45) is 6.04. The van der Waals surface area contributed by atoms with Gasteiger partial charge in [0.2, 0.25) is 0 Å². The summed E-state index contributed by atoms with van der Waals surface area (Å²) in [4.78, 5) is 7.68. The Kier molecular flexibility index (Phi) is 2.66. The molecule has 1 unspecified atom stereocenters. The van der Waals surface area contributed by atoms with E-state index in [9.17, 15) is 0 Å². The first-order valence-electron chi connectivity index (χ1n) is 7.09. The number of H-pyrrole nitrogens is 1. The van der Waals surface area contributed by atoms with Crippen LogP contribution in [0.3, 0.4) is 0 Å². The van der Waals surface area contributed by atoms with Gasteiger partial charge in [0.15, 0.2) is 0 Å². The van der Waals surface area contributed by atoms with E-state index in [0.717, 1.165) is 18.7 Å². The summed E-state index contributed by atoms with van der Waals surface area (Å²) in [5.74, 6) is 1.53. The molecule has 1 aliphatic carbocycles. The van der Waals surface area contributed by atoms with E-state index in [1.54, 1.807) is 0 Å². The first-order chi connectivity index (χ1) is 9.92. The quantitative estimate of drug-likeness (QED) is 0.736. The molecule has 1 aliphatic rings.